The minimum Gasteiger partial charge on any atom is -0.298 e. The van der Waals surface area contributed by atoms with Crippen molar-refractivity contribution in [3.05, 3.63) is 46.6 Å². The van der Waals surface area contributed by atoms with Gasteiger partial charge in [-0.2, -0.15) is 0 Å². The van der Waals surface area contributed by atoms with E-state index in [4.69, 9.17) is 11.6 Å². The maximum atomic E-state index is 10.5. The van der Waals surface area contributed by atoms with E-state index in [2.05, 4.69) is 4.99 Å². The molecule has 0 unspecified atom stereocenters. The van der Waals surface area contributed by atoms with E-state index in [0.29, 0.717) is 11.4 Å². The Bertz CT molecular complexity index is 417. The highest BCUT2D eigenvalue weighted by Gasteiger charge is 2.10. The highest BCUT2D eigenvalue weighted by atomic mass is 35.5. The summed E-state index contributed by atoms with van der Waals surface area (Å²) in [6.45, 7) is 0. The van der Waals surface area contributed by atoms with Crippen LogP contribution < -0.4 is 0 Å². The summed E-state index contributed by atoms with van der Waals surface area (Å²) < 4.78 is 0. The molecule has 14 heavy (non-hydrogen) atoms. The van der Waals surface area contributed by atoms with Gasteiger partial charge in [-0.1, -0.05) is 23.7 Å². The van der Waals surface area contributed by atoms with Crippen LogP contribution >= 0.6 is 11.6 Å². The molecule has 1 aromatic rings. The van der Waals surface area contributed by atoms with E-state index < -0.39 is 0 Å². The van der Waals surface area contributed by atoms with Crippen LogP contribution in [0.3, 0.4) is 0 Å². The summed E-state index contributed by atoms with van der Waals surface area (Å²) in [6.07, 6.45) is 3.06. The molecule has 70 valence electrons. The molecular formula is C11H8ClNO. The van der Waals surface area contributed by atoms with Gasteiger partial charge in [-0.15, -0.1) is 0 Å². The number of aliphatic imine (C=N–C) groups is 1. The number of hydrogen-bond acceptors (Lipinski definition) is 2. The molecule has 0 fully saturated rings. The SMILES string of the molecule is O=CC1=CN=C(c2ccc(Cl)cc2)C1. The van der Waals surface area contributed by atoms with Crippen LogP contribution in [0.15, 0.2) is 41.0 Å². The molecule has 1 aliphatic heterocycles. The third kappa shape index (κ3) is 1.75. The summed E-state index contributed by atoms with van der Waals surface area (Å²) in [5.74, 6) is 0. The van der Waals surface area contributed by atoms with Crippen LogP contribution in [0.25, 0.3) is 0 Å². The molecule has 1 aromatic carbocycles. The van der Waals surface area contributed by atoms with Crippen molar-refractivity contribution in [3.63, 3.8) is 0 Å². The van der Waals surface area contributed by atoms with E-state index in [0.717, 1.165) is 23.1 Å². The first-order chi connectivity index (χ1) is 6.79. The Morgan fingerprint density at radius 2 is 2.00 bits per heavy atom. The fraction of sp³-hybridized carbons (Fsp3) is 0.0909. The van der Waals surface area contributed by atoms with Crippen molar-refractivity contribution >= 4 is 23.6 Å². The first-order valence-corrected chi connectivity index (χ1v) is 4.64. The van der Waals surface area contributed by atoms with E-state index in [-0.39, 0.29) is 0 Å². The third-order valence-corrected chi connectivity index (χ3v) is 2.34. The van der Waals surface area contributed by atoms with Gasteiger partial charge in [0.25, 0.3) is 0 Å². The molecule has 0 atom stereocenters. The lowest BCUT2D eigenvalue weighted by molar-refractivity contribution is -0.104. The summed E-state index contributed by atoms with van der Waals surface area (Å²) in [7, 11) is 0. The van der Waals surface area contributed by atoms with Crippen LogP contribution in [0.5, 0.6) is 0 Å². The Kier molecular flexibility index (Phi) is 2.46. The normalized spacial score (nSPS) is 14.9. The van der Waals surface area contributed by atoms with Crippen LogP contribution in [-0.4, -0.2) is 12.0 Å². The maximum absolute atomic E-state index is 10.5. The van der Waals surface area contributed by atoms with Gasteiger partial charge >= 0.3 is 0 Å². The number of carbonyl (C=O) groups is 1. The van der Waals surface area contributed by atoms with Crippen molar-refractivity contribution in [2.24, 2.45) is 4.99 Å². The second kappa shape index (κ2) is 3.76. The molecule has 3 heteroatoms. The van der Waals surface area contributed by atoms with E-state index in [1.54, 1.807) is 6.20 Å². The molecule has 0 N–H and O–H groups in total. The second-order valence-electron chi connectivity index (χ2n) is 3.08. The van der Waals surface area contributed by atoms with Crippen molar-refractivity contribution < 1.29 is 4.79 Å². The minimum atomic E-state index is 0.616. The number of carbonyl (C=O) groups excluding carboxylic acids is 1. The average Bonchev–Trinajstić information content (AvgIpc) is 2.67. The fourth-order valence-corrected chi connectivity index (χ4v) is 1.46. The van der Waals surface area contributed by atoms with Gasteiger partial charge in [-0.25, -0.2) is 0 Å². The van der Waals surface area contributed by atoms with E-state index in [1.165, 1.54) is 0 Å². The molecule has 2 nitrogen and oxygen atoms in total. The lowest BCUT2D eigenvalue weighted by atomic mass is 10.1. The highest BCUT2D eigenvalue weighted by molar-refractivity contribution is 6.30. The maximum Gasteiger partial charge on any atom is 0.147 e. The van der Waals surface area contributed by atoms with Crippen LogP contribution in [0, 0.1) is 0 Å². The molecule has 1 heterocycles. The number of benzene rings is 1. The van der Waals surface area contributed by atoms with Crippen LogP contribution in [-0.2, 0) is 4.79 Å². The van der Waals surface area contributed by atoms with Gasteiger partial charge in [-0.3, -0.25) is 9.79 Å². The van der Waals surface area contributed by atoms with Crippen LogP contribution in [0.4, 0.5) is 0 Å². The Hall–Kier alpha value is -1.41. The molecule has 1 aliphatic rings. The Labute approximate surface area is 86.9 Å². The zero-order valence-corrected chi connectivity index (χ0v) is 8.16. The predicted molar refractivity (Wildman–Crippen MR) is 56.8 cm³/mol. The Morgan fingerprint density at radius 3 is 2.57 bits per heavy atom. The second-order valence-corrected chi connectivity index (χ2v) is 3.52. The van der Waals surface area contributed by atoms with Gasteiger partial charge < -0.3 is 0 Å². The standard InChI is InChI=1S/C11H8ClNO/c12-10-3-1-9(2-4-10)11-5-8(7-14)6-13-11/h1-4,6-7H,5H2. The van der Waals surface area contributed by atoms with Crippen LogP contribution in [0.2, 0.25) is 5.02 Å². The minimum absolute atomic E-state index is 0.616. The Morgan fingerprint density at radius 1 is 1.29 bits per heavy atom. The van der Waals surface area contributed by atoms with Crippen molar-refractivity contribution in [2.75, 3.05) is 0 Å². The predicted octanol–water partition coefficient (Wildman–Crippen LogP) is 2.62. The summed E-state index contributed by atoms with van der Waals surface area (Å²) >= 11 is 5.77. The molecule has 0 amide bonds. The summed E-state index contributed by atoms with van der Waals surface area (Å²) in [4.78, 5) is 14.6. The van der Waals surface area contributed by atoms with Crippen LogP contribution in [0.1, 0.15) is 12.0 Å². The van der Waals surface area contributed by atoms with Gasteiger partial charge in [0.05, 0.1) is 5.71 Å². The van der Waals surface area contributed by atoms with E-state index >= 15 is 0 Å². The zero-order valence-electron chi connectivity index (χ0n) is 7.40. The van der Waals surface area contributed by atoms with Crippen molar-refractivity contribution in [3.8, 4) is 0 Å². The molecule has 0 saturated heterocycles. The zero-order chi connectivity index (χ0) is 9.97. The van der Waals surface area contributed by atoms with E-state index in [9.17, 15) is 4.79 Å². The number of nitrogens with zero attached hydrogens (tertiary/aromatic N) is 1. The van der Waals surface area contributed by atoms with Gasteiger partial charge in [0, 0.05) is 23.2 Å². The smallest absolute Gasteiger partial charge is 0.147 e. The number of halogens is 1. The summed E-state index contributed by atoms with van der Waals surface area (Å²) in [5, 5.41) is 0.705. The molecule has 0 radical (unpaired) electrons. The first-order valence-electron chi connectivity index (χ1n) is 4.26. The molecule has 0 saturated carbocycles. The largest absolute Gasteiger partial charge is 0.298 e. The Balaban J connectivity index is 2.20. The number of aldehydes is 1. The monoisotopic (exact) mass is 205 g/mol. The number of allylic oxidation sites excluding steroid dienone is 1. The van der Waals surface area contributed by atoms with Crippen molar-refractivity contribution in [1.29, 1.82) is 0 Å². The highest BCUT2D eigenvalue weighted by Crippen LogP contribution is 2.17. The van der Waals surface area contributed by atoms with Gasteiger partial charge in [0.15, 0.2) is 0 Å². The van der Waals surface area contributed by atoms with Crippen molar-refractivity contribution in [2.45, 2.75) is 6.42 Å². The fourth-order valence-electron chi connectivity index (χ4n) is 1.34. The topological polar surface area (TPSA) is 29.4 Å². The van der Waals surface area contributed by atoms with Gasteiger partial charge in [-0.05, 0) is 17.7 Å². The van der Waals surface area contributed by atoms with E-state index in [1.807, 2.05) is 24.3 Å². The molecule has 0 bridgehead atoms. The molecule has 2 rings (SSSR count). The molecule has 0 aromatic heterocycles. The lowest BCUT2D eigenvalue weighted by Crippen LogP contribution is -1.98. The molecular weight excluding hydrogens is 198 g/mol. The average molecular weight is 206 g/mol. The van der Waals surface area contributed by atoms with Crippen molar-refractivity contribution in [1.82, 2.24) is 0 Å². The molecule has 0 aliphatic carbocycles. The molecule has 0 spiro atoms. The number of hydrogen-bond donors (Lipinski definition) is 0. The third-order valence-electron chi connectivity index (χ3n) is 2.09. The lowest BCUT2D eigenvalue weighted by Gasteiger charge is -2.00. The first kappa shape index (κ1) is 9.16. The number of rotatable bonds is 2. The quantitative estimate of drug-likeness (QED) is 0.683. The summed E-state index contributed by atoms with van der Waals surface area (Å²) in [5.41, 5.74) is 2.65. The summed E-state index contributed by atoms with van der Waals surface area (Å²) in [6, 6.07) is 7.45. The van der Waals surface area contributed by atoms with Gasteiger partial charge in [0.2, 0.25) is 0 Å². The van der Waals surface area contributed by atoms with Gasteiger partial charge in [0.1, 0.15) is 6.29 Å².